The van der Waals surface area contributed by atoms with Crippen molar-refractivity contribution in [2.24, 2.45) is 0 Å². The Balaban J connectivity index is 2.66. The molecule has 0 atom stereocenters. The van der Waals surface area contributed by atoms with Gasteiger partial charge in [-0.1, -0.05) is 36.4 Å². The quantitative estimate of drug-likeness (QED) is 0.511. The zero-order valence-corrected chi connectivity index (χ0v) is 16.7. The van der Waals surface area contributed by atoms with E-state index in [-0.39, 0.29) is 0 Å². The standard InChI is InChI=1S/C24H31N/c1-8-9-23(21-11-10-16(2)22(14-21)15-25-7)20(6)24-13-18(4)17(3)12-19(24)5/h8-14,25H,15H2,1-7H3/b9-8-,23-20-. The summed E-state index contributed by atoms with van der Waals surface area (Å²) in [5.41, 5.74) is 12.0. The van der Waals surface area contributed by atoms with E-state index in [9.17, 15) is 0 Å². The van der Waals surface area contributed by atoms with E-state index in [0.29, 0.717) is 0 Å². The van der Waals surface area contributed by atoms with Crippen molar-refractivity contribution in [2.45, 2.75) is 48.1 Å². The highest BCUT2D eigenvalue weighted by atomic mass is 14.8. The van der Waals surface area contributed by atoms with Gasteiger partial charge in [-0.2, -0.15) is 0 Å². The molecular formula is C24H31N. The van der Waals surface area contributed by atoms with Gasteiger partial charge in [-0.15, -0.1) is 0 Å². The molecule has 0 aromatic heterocycles. The third-order valence-electron chi connectivity index (χ3n) is 5.01. The molecule has 2 rings (SSSR count). The lowest BCUT2D eigenvalue weighted by Gasteiger charge is -2.16. The SMILES string of the molecule is C/C=C\C(=C(/C)c1cc(C)c(C)cc1C)c1ccc(C)c(CNC)c1. The van der Waals surface area contributed by atoms with Crippen LogP contribution in [-0.4, -0.2) is 7.05 Å². The number of nitrogens with one attached hydrogen (secondary N) is 1. The Bertz CT molecular complexity index is 822. The molecule has 0 radical (unpaired) electrons. The van der Waals surface area contributed by atoms with Crippen LogP contribution >= 0.6 is 0 Å². The van der Waals surface area contributed by atoms with Crippen LogP contribution in [0.1, 0.15) is 52.8 Å². The highest BCUT2D eigenvalue weighted by Crippen LogP contribution is 2.31. The van der Waals surface area contributed by atoms with Gasteiger partial charge in [0.1, 0.15) is 0 Å². The topological polar surface area (TPSA) is 12.0 Å². The first-order valence-electron chi connectivity index (χ1n) is 9.05. The molecule has 0 heterocycles. The van der Waals surface area contributed by atoms with E-state index >= 15 is 0 Å². The zero-order chi connectivity index (χ0) is 18.6. The molecule has 0 aliphatic carbocycles. The first-order valence-corrected chi connectivity index (χ1v) is 9.05. The third kappa shape index (κ3) is 4.29. The molecule has 2 aromatic carbocycles. The fraction of sp³-hybridized carbons (Fsp3) is 0.333. The highest BCUT2D eigenvalue weighted by molar-refractivity contribution is 5.95. The molecule has 0 unspecified atom stereocenters. The summed E-state index contributed by atoms with van der Waals surface area (Å²) in [5.74, 6) is 0. The molecule has 1 nitrogen and oxygen atoms in total. The maximum atomic E-state index is 3.27. The van der Waals surface area contributed by atoms with Crippen LogP contribution < -0.4 is 5.32 Å². The van der Waals surface area contributed by atoms with Crippen molar-refractivity contribution in [1.29, 1.82) is 0 Å². The highest BCUT2D eigenvalue weighted by Gasteiger charge is 2.10. The summed E-state index contributed by atoms with van der Waals surface area (Å²) in [6, 6.07) is 11.4. The lowest BCUT2D eigenvalue weighted by molar-refractivity contribution is 0.812. The molecule has 1 N–H and O–H groups in total. The summed E-state index contributed by atoms with van der Waals surface area (Å²) in [7, 11) is 2.00. The van der Waals surface area contributed by atoms with Gasteiger partial charge in [-0.3, -0.25) is 0 Å². The Morgan fingerprint density at radius 3 is 2.24 bits per heavy atom. The summed E-state index contributed by atoms with van der Waals surface area (Å²) in [5, 5.41) is 3.27. The average molecular weight is 334 g/mol. The monoisotopic (exact) mass is 333 g/mol. The Kier molecular flexibility index (Phi) is 6.39. The van der Waals surface area contributed by atoms with Gasteiger partial charge in [0, 0.05) is 6.54 Å². The van der Waals surface area contributed by atoms with E-state index in [1.54, 1.807) is 0 Å². The van der Waals surface area contributed by atoms with E-state index in [2.05, 4.69) is 89.3 Å². The number of benzene rings is 2. The minimum atomic E-state index is 0.893. The molecule has 0 aliphatic rings. The van der Waals surface area contributed by atoms with E-state index in [4.69, 9.17) is 0 Å². The Morgan fingerprint density at radius 1 is 0.920 bits per heavy atom. The lowest BCUT2D eigenvalue weighted by atomic mass is 9.89. The predicted molar refractivity (Wildman–Crippen MR) is 112 cm³/mol. The summed E-state index contributed by atoms with van der Waals surface area (Å²) < 4.78 is 0. The van der Waals surface area contributed by atoms with Crippen LogP contribution in [0.25, 0.3) is 11.1 Å². The number of rotatable bonds is 5. The van der Waals surface area contributed by atoms with Crippen LogP contribution in [0.4, 0.5) is 0 Å². The molecule has 0 amide bonds. The molecule has 0 saturated heterocycles. The fourth-order valence-corrected chi connectivity index (χ4v) is 3.33. The van der Waals surface area contributed by atoms with Gasteiger partial charge in [0.05, 0.1) is 0 Å². The largest absolute Gasteiger partial charge is 0.316 e. The molecule has 1 heteroatoms. The molecule has 0 bridgehead atoms. The van der Waals surface area contributed by atoms with Crippen molar-refractivity contribution in [2.75, 3.05) is 7.05 Å². The van der Waals surface area contributed by atoms with Gasteiger partial charge in [0.2, 0.25) is 0 Å². The Morgan fingerprint density at radius 2 is 1.60 bits per heavy atom. The first-order chi connectivity index (χ1) is 11.9. The summed E-state index contributed by atoms with van der Waals surface area (Å²) in [6.45, 7) is 14.0. The van der Waals surface area contributed by atoms with E-state index in [1.165, 1.54) is 50.1 Å². The van der Waals surface area contributed by atoms with Crippen LogP contribution in [0.5, 0.6) is 0 Å². The van der Waals surface area contributed by atoms with Crippen LogP contribution in [0, 0.1) is 27.7 Å². The maximum Gasteiger partial charge on any atom is 0.0205 e. The fourth-order valence-electron chi connectivity index (χ4n) is 3.33. The number of hydrogen-bond acceptors (Lipinski definition) is 1. The van der Waals surface area contributed by atoms with Gasteiger partial charge < -0.3 is 5.32 Å². The minimum absolute atomic E-state index is 0.893. The molecule has 2 aromatic rings. The number of hydrogen-bond donors (Lipinski definition) is 1. The second-order valence-electron chi connectivity index (χ2n) is 6.96. The van der Waals surface area contributed by atoms with Crippen LogP contribution in [-0.2, 0) is 6.54 Å². The number of aryl methyl sites for hydroxylation is 4. The summed E-state index contributed by atoms with van der Waals surface area (Å²) in [6.07, 6.45) is 4.37. The van der Waals surface area contributed by atoms with E-state index < -0.39 is 0 Å². The van der Waals surface area contributed by atoms with Gasteiger partial charge in [0.15, 0.2) is 0 Å². The summed E-state index contributed by atoms with van der Waals surface area (Å²) >= 11 is 0. The normalized spacial score (nSPS) is 12.6. The molecule has 0 fully saturated rings. The van der Waals surface area contributed by atoms with E-state index in [0.717, 1.165) is 6.54 Å². The molecule has 132 valence electrons. The van der Waals surface area contributed by atoms with Crippen molar-refractivity contribution in [3.8, 4) is 0 Å². The minimum Gasteiger partial charge on any atom is -0.316 e. The van der Waals surface area contributed by atoms with E-state index in [1.807, 2.05) is 7.05 Å². The van der Waals surface area contributed by atoms with Crippen LogP contribution in [0.15, 0.2) is 42.5 Å². The predicted octanol–water partition coefficient (Wildman–Crippen LogP) is 6.15. The van der Waals surface area contributed by atoms with Gasteiger partial charge in [-0.25, -0.2) is 0 Å². The van der Waals surface area contributed by atoms with Gasteiger partial charge in [-0.05, 0) is 105 Å². The molecule has 0 aliphatic heterocycles. The van der Waals surface area contributed by atoms with Crippen molar-refractivity contribution in [3.63, 3.8) is 0 Å². The van der Waals surface area contributed by atoms with Crippen molar-refractivity contribution < 1.29 is 0 Å². The summed E-state index contributed by atoms with van der Waals surface area (Å²) in [4.78, 5) is 0. The Labute approximate surface area is 153 Å². The van der Waals surface area contributed by atoms with Gasteiger partial charge in [0.25, 0.3) is 0 Å². The van der Waals surface area contributed by atoms with Crippen LogP contribution in [0.2, 0.25) is 0 Å². The van der Waals surface area contributed by atoms with Crippen molar-refractivity contribution >= 4 is 11.1 Å². The maximum absolute atomic E-state index is 3.27. The number of allylic oxidation sites excluding steroid dienone is 4. The molecule has 25 heavy (non-hydrogen) atoms. The second kappa shape index (κ2) is 8.31. The zero-order valence-electron chi connectivity index (χ0n) is 16.7. The second-order valence-corrected chi connectivity index (χ2v) is 6.96. The average Bonchev–Trinajstić information content (AvgIpc) is 2.58. The van der Waals surface area contributed by atoms with Gasteiger partial charge >= 0.3 is 0 Å². The molecular weight excluding hydrogens is 302 g/mol. The van der Waals surface area contributed by atoms with Crippen molar-refractivity contribution in [3.05, 3.63) is 81.4 Å². The smallest absolute Gasteiger partial charge is 0.0205 e. The van der Waals surface area contributed by atoms with Crippen LogP contribution in [0.3, 0.4) is 0 Å². The molecule has 0 saturated carbocycles. The molecule has 0 spiro atoms. The lowest BCUT2D eigenvalue weighted by Crippen LogP contribution is -2.07. The first kappa shape index (κ1) is 19.2. The third-order valence-corrected chi connectivity index (χ3v) is 5.01. The Hall–Kier alpha value is -2.12. The van der Waals surface area contributed by atoms with Crippen molar-refractivity contribution in [1.82, 2.24) is 5.32 Å².